The Morgan fingerprint density at radius 3 is 2.09 bits per heavy atom. The van der Waals surface area contributed by atoms with Gasteiger partial charge in [-0.15, -0.1) is 0 Å². The number of anilines is 1. The molecule has 1 amide bonds. The third-order valence-corrected chi connectivity index (χ3v) is 6.79. The standard InChI is InChI=1S/C25H27NO6S/c1-4-8-24(27)26(33(29,30)19-14-12-18(31-3)13-15-19)22-16-17-23(32-25(28)9-5-2)21-11-7-6-10-20(21)22/h6-7,10-17H,4-5,8-9H2,1-3H3. The van der Waals surface area contributed by atoms with Crippen LogP contribution in [0.25, 0.3) is 10.8 Å². The lowest BCUT2D eigenvalue weighted by molar-refractivity contribution is -0.134. The summed E-state index contributed by atoms with van der Waals surface area (Å²) in [5, 5.41) is 1.03. The molecule has 3 aromatic carbocycles. The van der Waals surface area contributed by atoms with Gasteiger partial charge in [0.1, 0.15) is 11.5 Å². The molecule has 8 heteroatoms. The number of nitrogens with zero attached hydrogens (tertiary/aromatic N) is 1. The Hall–Kier alpha value is -3.39. The van der Waals surface area contributed by atoms with Gasteiger partial charge in [0, 0.05) is 23.6 Å². The molecule has 0 aliphatic heterocycles. The van der Waals surface area contributed by atoms with Crippen LogP contribution in [0.3, 0.4) is 0 Å². The molecule has 0 N–H and O–H groups in total. The molecular formula is C25H27NO6S. The first-order chi connectivity index (χ1) is 15.8. The molecule has 3 rings (SSSR count). The first-order valence-electron chi connectivity index (χ1n) is 10.8. The highest BCUT2D eigenvalue weighted by molar-refractivity contribution is 7.93. The van der Waals surface area contributed by atoms with E-state index in [-0.39, 0.29) is 29.4 Å². The first-order valence-corrected chi connectivity index (χ1v) is 12.2. The minimum absolute atomic E-state index is 0.0321. The van der Waals surface area contributed by atoms with Gasteiger partial charge in [-0.25, -0.2) is 12.7 Å². The van der Waals surface area contributed by atoms with Gasteiger partial charge in [-0.3, -0.25) is 9.59 Å². The van der Waals surface area contributed by atoms with E-state index in [0.717, 1.165) is 4.31 Å². The second kappa shape index (κ2) is 10.5. The monoisotopic (exact) mass is 469 g/mol. The average molecular weight is 470 g/mol. The highest BCUT2D eigenvalue weighted by Gasteiger charge is 2.32. The molecule has 0 heterocycles. The van der Waals surface area contributed by atoms with E-state index in [0.29, 0.717) is 35.1 Å². The van der Waals surface area contributed by atoms with Crippen LogP contribution < -0.4 is 13.8 Å². The van der Waals surface area contributed by atoms with Crippen molar-refractivity contribution in [3.05, 3.63) is 60.7 Å². The number of rotatable bonds is 9. The number of ether oxygens (including phenoxy) is 2. The van der Waals surface area contributed by atoms with Crippen molar-refractivity contribution in [2.24, 2.45) is 0 Å². The number of amides is 1. The molecule has 0 atom stereocenters. The molecule has 33 heavy (non-hydrogen) atoms. The second-order valence-electron chi connectivity index (χ2n) is 7.44. The lowest BCUT2D eigenvalue weighted by Crippen LogP contribution is -2.37. The molecule has 0 bridgehead atoms. The Kier molecular flexibility index (Phi) is 7.71. The Bertz CT molecular complexity index is 1250. The number of fused-ring (bicyclic) bond motifs is 1. The van der Waals surface area contributed by atoms with Gasteiger partial charge in [0.2, 0.25) is 5.91 Å². The lowest BCUT2D eigenvalue weighted by Gasteiger charge is -2.24. The SMILES string of the molecule is CCCC(=O)Oc1ccc(N(C(=O)CCC)S(=O)(=O)c2ccc(OC)cc2)c2ccccc12. The van der Waals surface area contributed by atoms with Crippen molar-refractivity contribution in [3.8, 4) is 11.5 Å². The van der Waals surface area contributed by atoms with Gasteiger partial charge in [-0.05, 0) is 49.2 Å². The summed E-state index contributed by atoms with van der Waals surface area (Å²) < 4.78 is 38.7. The average Bonchev–Trinajstić information content (AvgIpc) is 2.81. The molecule has 0 radical (unpaired) electrons. The fourth-order valence-electron chi connectivity index (χ4n) is 3.47. The summed E-state index contributed by atoms with van der Waals surface area (Å²) in [5.41, 5.74) is 0.204. The van der Waals surface area contributed by atoms with Crippen LogP contribution >= 0.6 is 0 Å². The quantitative estimate of drug-likeness (QED) is 0.321. The summed E-state index contributed by atoms with van der Waals surface area (Å²) >= 11 is 0. The number of esters is 1. The Morgan fingerprint density at radius 2 is 1.48 bits per heavy atom. The minimum atomic E-state index is -4.22. The topological polar surface area (TPSA) is 90.0 Å². The van der Waals surface area contributed by atoms with Gasteiger partial charge in [-0.1, -0.05) is 38.1 Å². The van der Waals surface area contributed by atoms with Gasteiger partial charge < -0.3 is 9.47 Å². The molecule has 0 spiro atoms. The smallest absolute Gasteiger partial charge is 0.311 e. The molecule has 0 unspecified atom stereocenters. The van der Waals surface area contributed by atoms with Crippen LogP contribution in [0.5, 0.6) is 11.5 Å². The summed E-state index contributed by atoms with van der Waals surface area (Å²) in [6, 6.07) is 15.9. The number of carbonyl (C=O) groups excluding carboxylic acids is 2. The molecule has 0 aromatic heterocycles. The van der Waals surface area contributed by atoms with Crippen molar-refractivity contribution >= 4 is 38.4 Å². The minimum Gasteiger partial charge on any atom is -0.497 e. The molecule has 0 saturated carbocycles. The number of benzene rings is 3. The van der Waals surface area contributed by atoms with Crippen molar-refractivity contribution in [1.29, 1.82) is 0 Å². The zero-order valence-electron chi connectivity index (χ0n) is 18.9. The number of hydrogen-bond donors (Lipinski definition) is 0. The maximum Gasteiger partial charge on any atom is 0.311 e. The summed E-state index contributed by atoms with van der Waals surface area (Å²) in [4.78, 5) is 25.2. The van der Waals surface area contributed by atoms with Gasteiger partial charge in [0.05, 0.1) is 17.7 Å². The van der Waals surface area contributed by atoms with E-state index >= 15 is 0 Å². The largest absolute Gasteiger partial charge is 0.497 e. The number of hydrogen-bond acceptors (Lipinski definition) is 6. The number of methoxy groups -OCH3 is 1. The molecule has 0 saturated heterocycles. The van der Waals surface area contributed by atoms with Crippen molar-refractivity contribution < 1.29 is 27.5 Å². The van der Waals surface area contributed by atoms with Crippen molar-refractivity contribution in [2.45, 2.75) is 44.4 Å². The third kappa shape index (κ3) is 5.17. The molecule has 0 aliphatic rings. The Labute approximate surface area is 194 Å². The van der Waals surface area contributed by atoms with E-state index in [1.165, 1.54) is 43.5 Å². The normalized spacial score (nSPS) is 11.2. The van der Waals surface area contributed by atoms with Gasteiger partial charge in [-0.2, -0.15) is 0 Å². The van der Waals surface area contributed by atoms with E-state index in [1.54, 1.807) is 24.3 Å². The molecule has 7 nitrogen and oxygen atoms in total. The van der Waals surface area contributed by atoms with E-state index in [1.807, 2.05) is 13.8 Å². The van der Waals surface area contributed by atoms with E-state index in [2.05, 4.69) is 0 Å². The van der Waals surface area contributed by atoms with Crippen molar-refractivity contribution in [3.63, 3.8) is 0 Å². The maximum atomic E-state index is 13.6. The third-order valence-electron chi connectivity index (χ3n) is 5.05. The Morgan fingerprint density at radius 1 is 0.848 bits per heavy atom. The molecule has 174 valence electrons. The van der Waals surface area contributed by atoms with Crippen LogP contribution in [0, 0.1) is 0 Å². The fourth-order valence-corrected chi connectivity index (χ4v) is 4.93. The summed E-state index contributed by atoms with van der Waals surface area (Å²) in [5.74, 6) is -0.101. The predicted octanol–water partition coefficient (Wildman–Crippen LogP) is 5.08. The highest BCUT2D eigenvalue weighted by atomic mass is 32.2. The zero-order chi connectivity index (χ0) is 24.0. The van der Waals surface area contributed by atoms with Crippen LogP contribution in [0.1, 0.15) is 39.5 Å². The predicted molar refractivity (Wildman–Crippen MR) is 127 cm³/mol. The van der Waals surface area contributed by atoms with E-state index in [9.17, 15) is 18.0 Å². The zero-order valence-corrected chi connectivity index (χ0v) is 19.7. The fraction of sp³-hybridized carbons (Fsp3) is 0.280. The van der Waals surface area contributed by atoms with Crippen LogP contribution in [0.2, 0.25) is 0 Å². The van der Waals surface area contributed by atoms with Gasteiger partial charge in [0.15, 0.2) is 0 Å². The van der Waals surface area contributed by atoms with E-state index < -0.39 is 15.9 Å². The summed E-state index contributed by atoms with van der Waals surface area (Å²) in [6.07, 6.45) is 1.45. The summed E-state index contributed by atoms with van der Waals surface area (Å²) in [6.45, 7) is 3.69. The summed E-state index contributed by atoms with van der Waals surface area (Å²) in [7, 11) is -2.73. The molecule has 0 aliphatic carbocycles. The van der Waals surface area contributed by atoms with Crippen LogP contribution in [0.4, 0.5) is 5.69 Å². The Balaban J connectivity index is 2.18. The van der Waals surface area contributed by atoms with E-state index in [4.69, 9.17) is 9.47 Å². The van der Waals surface area contributed by atoms with Crippen LogP contribution in [0.15, 0.2) is 65.6 Å². The molecular weight excluding hydrogens is 442 g/mol. The van der Waals surface area contributed by atoms with Crippen LogP contribution in [-0.2, 0) is 19.6 Å². The first kappa shape index (κ1) is 24.3. The highest BCUT2D eigenvalue weighted by Crippen LogP contribution is 2.37. The number of sulfonamides is 1. The molecule has 3 aromatic rings. The van der Waals surface area contributed by atoms with Gasteiger partial charge in [0.25, 0.3) is 10.0 Å². The van der Waals surface area contributed by atoms with Gasteiger partial charge >= 0.3 is 5.97 Å². The maximum absolute atomic E-state index is 13.6. The number of carbonyl (C=O) groups is 2. The van der Waals surface area contributed by atoms with Crippen molar-refractivity contribution in [2.75, 3.05) is 11.4 Å². The van der Waals surface area contributed by atoms with Crippen LogP contribution in [-0.4, -0.2) is 27.4 Å². The molecule has 0 fully saturated rings. The lowest BCUT2D eigenvalue weighted by atomic mass is 10.1. The van der Waals surface area contributed by atoms with Crippen molar-refractivity contribution in [1.82, 2.24) is 0 Å². The second-order valence-corrected chi connectivity index (χ2v) is 9.23.